The van der Waals surface area contributed by atoms with E-state index in [0.29, 0.717) is 0 Å². The highest BCUT2D eigenvalue weighted by Gasteiger charge is 2.14. The summed E-state index contributed by atoms with van der Waals surface area (Å²) in [7, 11) is 2.06. The van der Waals surface area contributed by atoms with E-state index >= 15 is 0 Å². The molecule has 1 aromatic carbocycles. The molecule has 4 heteroatoms. The highest BCUT2D eigenvalue weighted by molar-refractivity contribution is 6.35. The molecule has 2 heterocycles. The molecule has 0 spiro atoms. The molecule has 0 amide bonds. The van der Waals surface area contributed by atoms with Crippen molar-refractivity contribution in [2.45, 2.75) is 6.54 Å². The Balaban J connectivity index is 1.95. The number of halogens is 1. The second-order valence-corrected chi connectivity index (χ2v) is 5.33. The number of hydrogen-bond donors (Lipinski definition) is 1. The first-order valence-electron chi connectivity index (χ1n) is 6.41. The van der Waals surface area contributed by atoms with Crippen molar-refractivity contribution < 1.29 is 0 Å². The number of aryl methyl sites for hydroxylation is 1. The number of fused-ring (bicyclic) bond motifs is 1. The maximum absolute atomic E-state index is 6.25. The third-order valence-electron chi connectivity index (χ3n) is 3.64. The number of rotatable bonds is 2. The van der Waals surface area contributed by atoms with Gasteiger partial charge in [0, 0.05) is 51.4 Å². The number of benzene rings is 1. The standard InChI is InChI=1S/C14H18ClN3/c1-17-10-13(15)12-4-2-3-11(14(12)17)9-18-7-5-16-6-8-18/h2-4,10,16H,5-9H2,1H3. The molecule has 3 rings (SSSR count). The van der Waals surface area contributed by atoms with Crippen LogP contribution in [0.1, 0.15) is 5.56 Å². The number of nitrogens with zero attached hydrogens (tertiary/aromatic N) is 2. The summed E-state index contributed by atoms with van der Waals surface area (Å²) in [5.74, 6) is 0. The molecule has 2 aromatic rings. The fraction of sp³-hybridized carbons (Fsp3) is 0.429. The molecule has 1 aromatic heterocycles. The van der Waals surface area contributed by atoms with Gasteiger partial charge in [-0.3, -0.25) is 4.90 Å². The summed E-state index contributed by atoms with van der Waals surface area (Å²) in [6.45, 7) is 5.42. The summed E-state index contributed by atoms with van der Waals surface area (Å²) in [6.07, 6.45) is 1.99. The van der Waals surface area contributed by atoms with Gasteiger partial charge in [-0.05, 0) is 5.56 Å². The zero-order valence-corrected chi connectivity index (χ0v) is 11.4. The first-order chi connectivity index (χ1) is 8.75. The molecule has 0 unspecified atom stereocenters. The highest BCUT2D eigenvalue weighted by atomic mass is 35.5. The van der Waals surface area contributed by atoms with Gasteiger partial charge in [-0.15, -0.1) is 0 Å². The zero-order chi connectivity index (χ0) is 12.5. The van der Waals surface area contributed by atoms with E-state index in [4.69, 9.17) is 11.6 Å². The van der Waals surface area contributed by atoms with Crippen molar-refractivity contribution >= 4 is 22.5 Å². The van der Waals surface area contributed by atoms with Crippen LogP contribution in [0, 0.1) is 0 Å². The van der Waals surface area contributed by atoms with Crippen molar-refractivity contribution in [3.8, 4) is 0 Å². The maximum atomic E-state index is 6.25. The molecule has 3 nitrogen and oxygen atoms in total. The summed E-state index contributed by atoms with van der Waals surface area (Å²) in [5, 5.41) is 5.39. The largest absolute Gasteiger partial charge is 0.349 e. The molecule has 96 valence electrons. The van der Waals surface area contributed by atoms with E-state index in [9.17, 15) is 0 Å². The van der Waals surface area contributed by atoms with Crippen LogP contribution < -0.4 is 5.32 Å². The minimum atomic E-state index is 0.842. The molecular weight excluding hydrogens is 246 g/mol. The predicted molar refractivity (Wildman–Crippen MR) is 76.1 cm³/mol. The second-order valence-electron chi connectivity index (χ2n) is 4.93. The molecule has 1 aliphatic heterocycles. The quantitative estimate of drug-likeness (QED) is 0.897. The molecule has 0 radical (unpaired) electrons. The molecule has 1 N–H and O–H groups in total. The Kier molecular flexibility index (Phi) is 3.29. The van der Waals surface area contributed by atoms with E-state index in [1.54, 1.807) is 0 Å². The van der Waals surface area contributed by atoms with Crippen LogP contribution in [-0.2, 0) is 13.6 Å². The van der Waals surface area contributed by atoms with E-state index in [-0.39, 0.29) is 0 Å². The van der Waals surface area contributed by atoms with Gasteiger partial charge in [-0.25, -0.2) is 0 Å². The number of nitrogens with one attached hydrogen (secondary N) is 1. The first-order valence-corrected chi connectivity index (χ1v) is 6.79. The van der Waals surface area contributed by atoms with Crippen LogP contribution in [0.15, 0.2) is 24.4 Å². The molecule has 0 aliphatic carbocycles. The van der Waals surface area contributed by atoms with Crippen molar-refractivity contribution in [1.29, 1.82) is 0 Å². The van der Waals surface area contributed by atoms with Crippen molar-refractivity contribution in [3.63, 3.8) is 0 Å². The Hall–Kier alpha value is -1.03. The molecule has 0 saturated carbocycles. The van der Waals surface area contributed by atoms with Crippen LogP contribution in [0.4, 0.5) is 0 Å². The summed E-state index contributed by atoms with van der Waals surface area (Å²) in [4.78, 5) is 2.49. The Labute approximate surface area is 112 Å². The van der Waals surface area contributed by atoms with Gasteiger partial charge in [0.1, 0.15) is 0 Å². The Morgan fingerprint density at radius 1 is 1.28 bits per heavy atom. The van der Waals surface area contributed by atoms with E-state index in [1.807, 2.05) is 6.20 Å². The molecule has 0 bridgehead atoms. The van der Waals surface area contributed by atoms with Gasteiger partial charge >= 0.3 is 0 Å². The number of piperazine rings is 1. The summed E-state index contributed by atoms with van der Waals surface area (Å²) in [5.41, 5.74) is 2.63. The van der Waals surface area contributed by atoms with Gasteiger partial charge in [-0.2, -0.15) is 0 Å². The van der Waals surface area contributed by atoms with Crippen LogP contribution in [-0.4, -0.2) is 35.6 Å². The highest BCUT2D eigenvalue weighted by Crippen LogP contribution is 2.28. The van der Waals surface area contributed by atoms with Gasteiger partial charge in [0.05, 0.1) is 10.5 Å². The van der Waals surface area contributed by atoms with E-state index < -0.39 is 0 Å². The van der Waals surface area contributed by atoms with E-state index in [2.05, 4.69) is 40.0 Å². The third-order valence-corrected chi connectivity index (χ3v) is 3.94. The fourth-order valence-electron chi connectivity index (χ4n) is 2.74. The van der Waals surface area contributed by atoms with Gasteiger partial charge < -0.3 is 9.88 Å². The molecule has 1 fully saturated rings. The van der Waals surface area contributed by atoms with Crippen LogP contribution in [0.5, 0.6) is 0 Å². The Morgan fingerprint density at radius 3 is 2.83 bits per heavy atom. The Morgan fingerprint density at radius 2 is 2.06 bits per heavy atom. The lowest BCUT2D eigenvalue weighted by atomic mass is 10.1. The molecule has 18 heavy (non-hydrogen) atoms. The first kappa shape index (κ1) is 12.0. The number of aromatic nitrogens is 1. The molecule has 0 atom stereocenters. The van der Waals surface area contributed by atoms with Crippen molar-refractivity contribution in [2.24, 2.45) is 7.05 Å². The lowest BCUT2D eigenvalue weighted by Crippen LogP contribution is -2.42. The average molecular weight is 264 g/mol. The molecule has 1 aliphatic rings. The minimum Gasteiger partial charge on any atom is -0.349 e. The average Bonchev–Trinajstić information content (AvgIpc) is 2.67. The van der Waals surface area contributed by atoms with Crippen molar-refractivity contribution in [2.75, 3.05) is 26.2 Å². The molecular formula is C14H18ClN3. The van der Waals surface area contributed by atoms with Crippen LogP contribution in [0.2, 0.25) is 5.02 Å². The minimum absolute atomic E-state index is 0.842. The second kappa shape index (κ2) is 4.92. The van der Waals surface area contributed by atoms with Gasteiger partial charge in [0.2, 0.25) is 0 Å². The lowest BCUT2D eigenvalue weighted by molar-refractivity contribution is 0.234. The van der Waals surface area contributed by atoms with Crippen LogP contribution in [0.25, 0.3) is 10.9 Å². The normalized spacial score (nSPS) is 17.4. The smallest absolute Gasteiger partial charge is 0.0661 e. The predicted octanol–water partition coefficient (Wildman–Crippen LogP) is 2.24. The van der Waals surface area contributed by atoms with Crippen molar-refractivity contribution in [3.05, 3.63) is 35.0 Å². The topological polar surface area (TPSA) is 20.2 Å². The van der Waals surface area contributed by atoms with E-state index in [0.717, 1.165) is 43.1 Å². The summed E-state index contributed by atoms with van der Waals surface area (Å²) >= 11 is 6.25. The number of hydrogen-bond acceptors (Lipinski definition) is 2. The summed E-state index contributed by atoms with van der Waals surface area (Å²) < 4.78 is 2.13. The van der Waals surface area contributed by atoms with Crippen LogP contribution in [0.3, 0.4) is 0 Å². The third kappa shape index (κ3) is 2.14. The molecule has 1 saturated heterocycles. The van der Waals surface area contributed by atoms with Gasteiger partial charge in [0.25, 0.3) is 0 Å². The number of para-hydroxylation sites is 1. The van der Waals surface area contributed by atoms with Crippen LogP contribution >= 0.6 is 11.6 Å². The van der Waals surface area contributed by atoms with Crippen molar-refractivity contribution in [1.82, 2.24) is 14.8 Å². The lowest BCUT2D eigenvalue weighted by Gasteiger charge is -2.27. The van der Waals surface area contributed by atoms with Gasteiger partial charge in [-0.1, -0.05) is 29.8 Å². The zero-order valence-electron chi connectivity index (χ0n) is 10.6. The fourth-order valence-corrected chi connectivity index (χ4v) is 3.04. The SMILES string of the molecule is Cn1cc(Cl)c2cccc(CN3CCNCC3)c21. The maximum Gasteiger partial charge on any atom is 0.0661 e. The van der Waals surface area contributed by atoms with E-state index in [1.165, 1.54) is 11.1 Å². The monoisotopic (exact) mass is 263 g/mol. The summed E-state index contributed by atoms with van der Waals surface area (Å²) in [6, 6.07) is 6.41. The van der Waals surface area contributed by atoms with Gasteiger partial charge in [0.15, 0.2) is 0 Å². The Bertz CT molecular complexity index is 555.